The van der Waals surface area contributed by atoms with Gasteiger partial charge < -0.3 is 4.90 Å². The van der Waals surface area contributed by atoms with Crippen molar-refractivity contribution in [1.29, 1.82) is 5.26 Å². The number of hydrogen-bond acceptors (Lipinski definition) is 3. The Morgan fingerprint density at radius 3 is 2.47 bits per heavy atom. The maximum atomic E-state index is 8.66. The average Bonchev–Trinajstić information content (AvgIpc) is 3.03. The van der Waals surface area contributed by atoms with Crippen LogP contribution >= 0.6 is 0 Å². The summed E-state index contributed by atoms with van der Waals surface area (Å²) < 4.78 is 0. The fourth-order valence-electron chi connectivity index (χ4n) is 2.31. The molecule has 0 N–H and O–H groups in total. The smallest absolute Gasteiger partial charge is 0.0638 e. The maximum Gasteiger partial charge on any atom is 0.0638 e. The Hall–Kier alpha value is -0.590. The molecule has 1 saturated heterocycles. The van der Waals surface area contributed by atoms with E-state index in [1.807, 2.05) is 0 Å². The van der Waals surface area contributed by atoms with Gasteiger partial charge in [-0.15, -0.1) is 0 Å². The van der Waals surface area contributed by atoms with Crippen LogP contribution in [0.1, 0.15) is 26.2 Å². The quantitative estimate of drug-likeness (QED) is 0.696. The van der Waals surface area contributed by atoms with Gasteiger partial charge in [0, 0.05) is 38.8 Å². The van der Waals surface area contributed by atoms with Crippen LogP contribution in [0.15, 0.2) is 0 Å². The number of nitrogens with zero attached hydrogens (tertiary/aromatic N) is 3. The van der Waals surface area contributed by atoms with Crippen molar-refractivity contribution in [3.63, 3.8) is 0 Å². The molecule has 0 aromatic rings. The van der Waals surface area contributed by atoms with E-state index in [4.69, 9.17) is 5.26 Å². The zero-order valence-corrected chi connectivity index (χ0v) is 9.65. The summed E-state index contributed by atoms with van der Waals surface area (Å²) in [5.74, 6) is 1.01. The molecule has 0 amide bonds. The predicted octanol–water partition coefficient (Wildman–Crippen LogP) is 1.32. The number of piperazine rings is 1. The van der Waals surface area contributed by atoms with Gasteiger partial charge in [0.15, 0.2) is 0 Å². The molecule has 2 aliphatic rings. The van der Waals surface area contributed by atoms with E-state index in [1.165, 1.54) is 32.5 Å². The Morgan fingerprint density at radius 1 is 1.27 bits per heavy atom. The summed E-state index contributed by atoms with van der Waals surface area (Å²) in [7, 11) is 0. The molecular weight excluding hydrogens is 186 g/mol. The minimum Gasteiger partial charge on any atom is -0.301 e. The summed E-state index contributed by atoms with van der Waals surface area (Å²) >= 11 is 0. The molecule has 0 radical (unpaired) electrons. The van der Waals surface area contributed by atoms with E-state index < -0.39 is 0 Å². The lowest BCUT2D eigenvalue weighted by atomic mass is 10.2. The third-order valence-corrected chi connectivity index (χ3v) is 3.63. The van der Waals surface area contributed by atoms with E-state index in [-0.39, 0.29) is 0 Å². The molecule has 3 heteroatoms. The van der Waals surface area contributed by atoms with Gasteiger partial charge in [0.05, 0.1) is 12.5 Å². The van der Waals surface area contributed by atoms with Gasteiger partial charge in [-0.25, -0.2) is 0 Å². The maximum absolute atomic E-state index is 8.66. The van der Waals surface area contributed by atoms with Crippen molar-refractivity contribution >= 4 is 0 Å². The molecule has 84 valence electrons. The van der Waals surface area contributed by atoms with Crippen LogP contribution in [0, 0.1) is 17.2 Å². The van der Waals surface area contributed by atoms with Gasteiger partial charge in [-0.1, -0.05) is 0 Å². The predicted molar refractivity (Wildman–Crippen MR) is 60.4 cm³/mol. The summed E-state index contributed by atoms with van der Waals surface area (Å²) in [4.78, 5) is 5.04. The molecule has 2 fully saturated rings. The topological polar surface area (TPSA) is 30.3 Å². The van der Waals surface area contributed by atoms with Crippen LogP contribution in [0.3, 0.4) is 0 Å². The molecule has 1 atom stereocenters. The molecule has 3 nitrogen and oxygen atoms in total. The lowest BCUT2D eigenvalue weighted by Crippen LogP contribution is -2.49. The van der Waals surface area contributed by atoms with Gasteiger partial charge >= 0.3 is 0 Å². The van der Waals surface area contributed by atoms with Crippen molar-refractivity contribution in [1.82, 2.24) is 9.80 Å². The minimum atomic E-state index is 0.443. The fourth-order valence-corrected chi connectivity index (χ4v) is 2.31. The second-order valence-electron chi connectivity index (χ2n) is 4.99. The van der Waals surface area contributed by atoms with Crippen LogP contribution in [-0.4, -0.2) is 48.6 Å². The second-order valence-corrected chi connectivity index (χ2v) is 4.99. The van der Waals surface area contributed by atoms with Gasteiger partial charge in [-0.05, 0) is 25.7 Å². The molecular formula is C12H21N3. The highest BCUT2D eigenvalue weighted by Gasteiger charge is 2.27. The Labute approximate surface area is 92.7 Å². The first kappa shape index (κ1) is 10.9. The van der Waals surface area contributed by atoms with Crippen LogP contribution in [0.25, 0.3) is 0 Å². The molecule has 1 aliphatic heterocycles. The SMILES string of the molecule is CC(CC#N)N1CCN(CC2CC2)CC1. The van der Waals surface area contributed by atoms with Gasteiger partial charge in [0.2, 0.25) is 0 Å². The van der Waals surface area contributed by atoms with Crippen molar-refractivity contribution in [2.45, 2.75) is 32.2 Å². The summed E-state index contributed by atoms with van der Waals surface area (Å²) in [6, 6.07) is 2.71. The highest BCUT2D eigenvalue weighted by molar-refractivity contribution is 4.85. The molecule has 1 aliphatic carbocycles. The van der Waals surface area contributed by atoms with Crippen LogP contribution in [-0.2, 0) is 0 Å². The van der Waals surface area contributed by atoms with Crippen LogP contribution in [0.5, 0.6) is 0 Å². The minimum absolute atomic E-state index is 0.443. The Balaban J connectivity index is 1.69. The molecule has 1 heterocycles. The van der Waals surface area contributed by atoms with Crippen molar-refractivity contribution in [3.05, 3.63) is 0 Å². The van der Waals surface area contributed by atoms with Crippen LogP contribution in [0.2, 0.25) is 0 Å². The highest BCUT2D eigenvalue weighted by atomic mass is 15.3. The van der Waals surface area contributed by atoms with E-state index in [9.17, 15) is 0 Å². The summed E-state index contributed by atoms with van der Waals surface area (Å²) in [5, 5.41) is 8.66. The van der Waals surface area contributed by atoms with Gasteiger partial charge in [-0.3, -0.25) is 4.90 Å². The molecule has 0 aromatic carbocycles. The third kappa shape index (κ3) is 3.19. The Bertz CT molecular complexity index is 234. The van der Waals surface area contributed by atoms with Gasteiger partial charge in [-0.2, -0.15) is 5.26 Å². The fraction of sp³-hybridized carbons (Fsp3) is 0.917. The number of nitriles is 1. The van der Waals surface area contributed by atoms with Crippen molar-refractivity contribution < 1.29 is 0 Å². The van der Waals surface area contributed by atoms with E-state index in [0.29, 0.717) is 12.5 Å². The van der Waals surface area contributed by atoms with E-state index >= 15 is 0 Å². The Kier molecular flexibility index (Phi) is 3.61. The Morgan fingerprint density at radius 2 is 1.93 bits per heavy atom. The van der Waals surface area contributed by atoms with E-state index in [2.05, 4.69) is 22.8 Å². The zero-order valence-electron chi connectivity index (χ0n) is 9.65. The molecule has 0 aromatic heterocycles. The van der Waals surface area contributed by atoms with Crippen molar-refractivity contribution in [2.75, 3.05) is 32.7 Å². The zero-order chi connectivity index (χ0) is 10.7. The summed E-state index contributed by atoms with van der Waals surface area (Å²) in [6.07, 6.45) is 3.57. The largest absolute Gasteiger partial charge is 0.301 e. The first-order valence-corrected chi connectivity index (χ1v) is 6.13. The van der Waals surface area contributed by atoms with Crippen LogP contribution < -0.4 is 0 Å². The van der Waals surface area contributed by atoms with Crippen molar-refractivity contribution in [2.24, 2.45) is 5.92 Å². The normalized spacial score (nSPS) is 26.1. The summed E-state index contributed by atoms with van der Waals surface area (Å²) in [5.41, 5.74) is 0. The summed E-state index contributed by atoms with van der Waals surface area (Å²) in [6.45, 7) is 8.18. The molecule has 0 bridgehead atoms. The molecule has 1 saturated carbocycles. The molecule has 2 rings (SSSR count). The van der Waals surface area contributed by atoms with Crippen molar-refractivity contribution in [3.8, 4) is 6.07 Å². The highest BCUT2D eigenvalue weighted by Crippen LogP contribution is 2.30. The average molecular weight is 207 g/mol. The van der Waals surface area contributed by atoms with Gasteiger partial charge in [0.1, 0.15) is 0 Å². The first-order chi connectivity index (χ1) is 7.29. The van der Waals surface area contributed by atoms with E-state index in [1.54, 1.807) is 0 Å². The number of rotatable bonds is 4. The number of hydrogen-bond donors (Lipinski definition) is 0. The van der Waals surface area contributed by atoms with E-state index in [0.717, 1.165) is 19.0 Å². The van der Waals surface area contributed by atoms with Gasteiger partial charge in [0.25, 0.3) is 0 Å². The molecule has 1 unspecified atom stereocenters. The molecule has 0 spiro atoms. The first-order valence-electron chi connectivity index (χ1n) is 6.13. The lowest BCUT2D eigenvalue weighted by molar-refractivity contribution is 0.101. The lowest BCUT2D eigenvalue weighted by Gasteiger charge is -2.37. The molecule has 15 heavy (non-hydrogen) atoms. The standard InChI is InChI=1S/C12H21N3/c1-11(4-5-13)15-8-6-14(7-9-15)10-12-2-3-12/h11-12H,2-4,6-10H2,1H3. The van der Waals surface area contributed by atoms with Crippen LogP contribution in [0.4, 0.5) is 0 Å². The monoisotopic (exact) mass is 207 g/mol. The third-order valence-electron chi connectivity index (χ3n) is 3.63. The second kappa shape index (κ2) is 4.96.